The van der Waals surface area contributed by atoms with Crippen LogP contribution in [-0.2, 0) is 0 Å². The Labute approximate surface area is 193 Å². The van der Waals surface area contributed by atoms with Crippen LogP contribution in [0.1, 0.15) is 96.1 Å². The van der Waals surface area contributed by atoms with E-state index in [0.29, 0.717) is 35.5 Å². The van der Waals surface area contributed by atoms with Crippen molar-refractivity contribution in [2.45, 2.75) is 78.1 Å². The minimum Gasteiger partial charge on any atom is -0.496 e. The fourth-order valence-corrected chi connectivity index (χ4v) is 3.98. The molecule has 0 aliphatic carbocycles. The molecule has 0 aromatic heterocycles. The molecule has 0 saturated carbocycles. The first kappa shape index (κ1) is 25.6. The molecule has 174 valence electrons. The summed E-state index contributed by atoms with van der Waals surface area (Å²) in [5.41, 5.74) is 3.55. The van der Waals surface area contributed by atoms with Crippen LogP contribution in [0, 0.1) is 13.8 Å². The predicted octanol–water partition coefficient (Wildman–Crippen LogP) is 7.29. The molecule has 32 heavy (non-hydrogen) atoms. The summed E-state index contributed by atoms with van der Waals surface area (Å²) in [6, 6.07) is 11.5. The lowest BCUT2D eigenvalue weighted by Gasteiger charge is -2.09. The number of methoxy groups -OCH3 is 2. The largest absolute Gasteiger partial charge is 0.496 e. The van der Waals surface area contributed by atoms with Gasteiger partial charge in [0.25, 0.3) is 0 Å². The Balaban J connectivity index is 1.55. The van der Waals surface area contributed by atoms with E-state index < -0.39 is 0 Å². The van der Waals surface area contributed by atoms with E-state index in [9.17, 15) is 9.59 Å². The number of unbranched alkanes of at least 4 members (excludes halogenated alkanes) is 7. The number of aryl methyl sites for hydroxylation is 2. The Hall–Kier alpha value is -2.62. The van der Waals surface area contributed by atoms with Crippen molar-refractivity contribution >= 4 is 11.6 Å². The number of ether oxygens (including phenoxy) is 2. The summed E-state index contributed by atoms with van der Waals surface area (Å²) in [5.74, 6) is 1.67. The molecule has 2 aromatic rings. The van der Waals surface area contributed by atoms with Crippen LogP contribution >= 0.6 is 0 Å². The van der Waals surface area contributed by atoms with Crippen molar-refractivity contribution in [3.05, 3.63) is 58.7 Å². The molecule has 0 atom stereocenters. The summed E-state index contributed by atoms with van der Waals surface area (Å²) < 4.78 is 10.6. The van der Waals surface area contributed by atoms with E-state index in [1.54, 1.807) is 14.2 Å². The zero-order valence-corrected chi connectivity index (χ0v) is 20.2. The zero-order chi connectivity index (χ0) is 23.3. The monoisotopic (exact) mass is 438 g/mol. The van der Waals surface area contributed by atoms with Gasteiger partial charge in [0.2, 0.25) is 0 Å². The molecule has 0 amide bonds. The predicted molar refractivity (Wildman–Crippen MR) is 130 cm³/mol. The molecule has 2 aromatic carbocycles. The van der Waals surface area contributed by atoms with E-state index in [2.05, 4.69) is 0 Å². The number of hydrogen-bond acceptors (Lipinski definition) is 4. The van der Waals surface area contributed by atoms with Crippen molar-refractivity contribution in [2.24, 2.45) is 0 Å². The van der Waals surface area contributed by atoms with Gasteiger partial charge in [-0.3, -0.25) is 9.59 Å². The summed E-state index contributed by atoms with van der Waals surface area (Å²) in [4.78, 5) is 25.0. The average molecular weight is 439 g/mol. The summed E-state index contributed by atoms with van der Waals surface area (Å²) in [6.07, 6.45) is 9.80. The van der Waals surface area contributed by atoms with E-state index in [1.807, 2.05) is 50.2 Å². The Morgan fingerprint density at radius 2 is 0.938 bits per heavy atom. The van der Waals surface area contributed by atoms with Crippen LogP contribution in [0.15, 0.2) is 36.4 Å². The fraction of sp³-hybridized carbons (Fsp3) is 0.500. The quantitative estimate of drug-likeness (QED) is 0.216. The summed E-state index contributed by atoms with van der Waals surface area (Å²) >= 11 is 0. The first-order chi connectivity index (χ1) is 15.5. The summed E-state index contributed by atoms with van der Waals surface area (Å²) in [5, 5.41) is 0. The molecule has 0 fully saturated rings. The second-order valence-electron chi connectivity index (χ2n) is 8.58. The topological polar surface area (TPSA) is 52.6 Å². The maximum atomic E-state index is 12.5. The highest BCUT2D eigenvalue weighted by molar-refractivity contribution is 5.99. The Kier molecular flexibility index (Phi) is 11.0. The second-order valence-corrected chi connectivity index (χ2v) is 8.58. The first-order valence-electron chi connectivity index (χ1n) is 11.8. The molecule has 0 aliphatic heterocycles. The third-order valence-corrected chi connectivity index (χ3v) is 5.87. The van der Waals surface area contributed by atoms with Gasteiger partial charge in [-0.15, -0.1) is 0 Å². The maximum absolute atomic E-state index is 12.5. The number of benzene rings is 2. The molecule has 0 radical (unpaired) electrons. The van der Waals surface area contributed by atoms with Gasteiger partial charge in [-0.1, -0.05) is 61.8 Å². The third-order valence-electron chi connectivity index (χ3n) is 5.87. The van der Waals surface area contributed by atoms with E-state index in [-0.39, 0.29) is 11.6 Å². The average Bonchev–Trinajstić information content (AvgIpc) is 2.79. The van der Waals surface area contributed by atoms with Crippen molar-refractivity contribution in [3.8, 4) is 11.5 Å². The molecular weight excluding hydrogens is 400 g/mol. The van der Waals surface area contributed by atoms with Gasteiger partial charge in [0.1, 0.15) is 11.5 Å². The minimum absolute atomic E-state index is 0.167. The van der Waals surface area contributed by atoms with Crippen molar-refractivity contribution in [1.82, 2.24) is 0 Å². The Morgan fingerprint density at radius 3 is 1.28 bits per heavy atom. The van der Waals surface area contributed by atoms with Gasteiger partial charge in [-0.2, -0.15) is 0 Å². The van der Waals surface area contributed by atoms with E-state index in [0.717, 1.165) is 49.7 Å². The van der Waals surface area contributed by atoms with Crippen molar-refractivity contribution in [1.29, 1.82) is 0 Å². The van der Waals surface area contributed by atoms with E-state index in [1.165, 1.54) is 12.8 Å². The number of carbonyl (C=O) groups is 2. The molecule has 0 spiro atoms. The van der Waals surface area contributed by atoms with Crippen molar-refractivity contribution in [2.75, 3.05) is 14.2 Å². The molecule has 0 saturated heterocycles. The van der Waals surface area contributed by atoms with E-state index >= 15 is 0 Å². The molecule has 4 nitrogen and oxygen atoms in total. The smallest absolute Gasteiger partial charge is 0.166 e. The highest BCUT2D eigenvalue weighted by Crippen LogP contribution is 2.23. The first-order valence-corrected chi connectivity index (χ1v) is 11.8. The second kappa shape index (κ2) is 13.7. The van der Waals surface area contributed by atoms with Gasteiger partial charge >= 0.3 is 0 Å². The highest BCUT2D eigenvalue weighted by Gasteiger charge is 2.13. The molecule has 0 unspecified atom stereocenters. The number of carbonyl (C=O) groups excluding carboxylic acids is 2. The van der Waals surface area contributed by atoms with Gasteiger partial charge in [0, 0.05) is 12.8 Å². The lowest BCUT2D eigenvalue weighted by Crippen LogP contribution is -2.03. The minimum atomic E-state index is 0.167. The molecule has 0 aliphatic rings. The van der Waals surface area contributed by atoms with E-state index in [4.69, 9.17) is 9.47 Å². The number of ketones is 2. The SMILES string of the molecule is COc1ccc(C)cc1C(=O)CCCCCCCCCCC(=O)c1cc(C)ccc1OC. The molecule has 0 N–H and O–H groups in total. The molecule has 4 heteroatoms. The van der Waals surface area contributed by atoms with Gasteiger partial charge in [0.15, 0.2) is 11.6 Å². The maximum Gasteiger partial charge on any atom is 0.166 e. The lowest BCUT2D eigenvalue weighted by molar-refractivity contribution is 0.0967. The van der Waals surface area contributed by atoms with Gasteiger partial charge in [-0.25, -0.2) is 0 Å². The zero-order valence-electron chi connectivity index (χ0n) is 20.2. The van der Waals surface area contributed by atoms with Crippen LogP contribution in [-0.4, -0.2) is 25.8 Å². The normalized spacial score (nSPS) is 10.8. The van der Waals surface area contributed by atoms with Crippen LogP contribution in [0.4, 0.5) is 0 Å². The Morgan fingerprint density at radius 1 is 0.594 bits per heavy atom. The highest BCUT2D eigenvalue weighted by atomic mass is 16.5. The lowest BCUT2D eigenvalue weighted by atomic mass is 10.00. The number of Topliss-reactive ketones (excluding diaryl/α,β-unsaturated/α-hetero) is 2. The molecule has 2 rings (SSSR count). The summed E-state index contributed by atoms with van der Waals surface area (Å²) in [7, 11) is 3.22. The van der Waals surface area contributed by atoms with Crippen molar-refractivity contribution < 1.29 is 19.1 Å². The van der Waals surface area contributed by atoms with Crippen LogP contribution in [0.3, 0.4) is 0 Å². The summed E-state index contributed by atoms with van der Waals surface area (Å²) in [6.45, 7) is 3.98. The molecule has 0 heterocycles. The van der Waals surface area contributed by atoms with Crippen LogP contribution in [0.5, 0.6) is 11.5 Å². The van der Waals surface area contributed by atoms with Crippen LogP contribution < -0.4 is 9.47 Å². The number of rotatable bonds is 15. The van der Waals surface area contributed by atoms with Crippen molar-refractivity contribution in [3.63, 3.8) is 0 Å². The number of hydrogen-bond donors (Lipinski definition) is 0. The van der Waals surface area contributed by atoms with Gasteiger partial charge < -0.3 is 9.47 Å². The third kappa shape index (κ3) is 8.14. The standard InChI is InChI=1S/C28H38O4/c1-21-15-17-27(31-3)23(19-21)25(29)13-11-9-7-5-6-8-10-12-14-26(30)24-20-22(2)16-18-28(24)32-4/h15-20H,5-14H2,1-4H3. The van der Waals surface area contributed by atoms with Gasteiger partial charge in [0.05, 0.1) is 25.3 Å². The van der Waals surface area contributed by atoms with Gasteiger partial charge in [-0.05, 0) is 51.0 Å². The van der Waals surface area contributed by atoms with Crippen LogP contribution in [0.2, 0.25) is 0 Å². The fourth-order valence-electron chi connectivity index (χ4n) is 3.98. The molecular formula is C28H38O4. The molecule has 0 bridgehead atoms. The van der Waals surface area contributed by atoms with Crippen LogP contribution in [0.25, 0.3) is 0 Å². The Bertz CT molecular complexity index is 811.